The van der Waals surface area contributed by atoms with Gasteiger partial charge in [-0.1, -0.05) is 34.1 Å². The molecule has 1 aliphatic rings. The van der Waals surface area contributed by atoms with Crippen molar-refractivity contribution in [2.45, 2.75) is 30.3 Å². The van der Waals surface area contributed by atoms with Gasteiger partial charge in [0.25, 0.3) is 0 Å². The molecule has 30 heavy (non-hydrogen) atoms. The zero-order valence-corrected chi connectivity index (χ0v) is 20.2. The standard InChI is InChI=1S/C20H22Br2N2O5S/c1-2-28-20(25)24-12-15(11-16(24)13-29-17-6-4-3-5-7-17)23-30(26,27)19-10-14(21)8-9-18(19)22/h3-10,15-16,23H,2,11-13H2,1H3/t15-,16-/m1/s1. The molecule has 10 heteroatoms. The summed E-state index contributed by atoms with van der Waals surface area (Å²) in [5.41, 5.74) is 0. The summed E-state index contributed by atoms with van der Waals surface area (Å²) in [6, 6.07) is 13.4. The third-order valence-electron chi connectivity index (χ3n) is 4.61. The number of likely N-dealkylation sites (tertiary alicyclic amines) is 1. The maximum absolute atomic E-state index is 12.9. The van der Waals surface area contributed by atoms with E-state index in [9.17, 15) is 13.2 Å². The van der Waals surface area contributed by atoms with Crippen molar-refractivity contribution >= 4 is 48.0 Å². The van der Waals surface area contributed by atoms with Crippen LogP contribution < -0.4 is 9.46 Å². The molecule has 3 rings (SSSR count). The summed E-state index contributed by atoms with van der Waals surface area (Å²) in [5, 5.41) is 0. The summed E-state index contributed by atoms with van der Waals surface area (Å²) in [7, 11) is -3.80. The van der Waals surface area contributed by atoms with Crippen molar-refractivity contribution in [3.63, 3.8) is 0 Å². The number of hydrogen-bond acceptors (Lipinski definition) is 5. The van der Waals surface area contributed by atoms with Crippen LogP contribution >= 0.6 is 31.9 Å². The molecule has 0 aliphatic carbocycles. The molecule has 0 saturated carbocycles. The third-order valence-corrected chi connectivity index (χ3v) is 7.61. The Kier molecular flexibility index (Phi) is 7.78. The molecule has 0 radical (unpaired) electrons. The van der Waals surface area contributed by atoms with Crippen LogP contribution in [0.3, 0.4) is 0 Å². The number of ether oxygens (including phenoxy) is 2. The van der Waals surface area contributed by atoms with Crippen molar-refractivity contribution in [1.82, 2.24) is 9.62 Å². The van der Waals surface area contributed by atoms with Crippen molar-refractivity contribution in [2.75, 3.05) is 19.8 Å². The molecule has 1 fully saturated rings. The molecule has 1 amide bonds. The van der Waals surface area contributed by atoms with E-state index in [-0.39, 0.29) is 30.7 Å². The van der Waals surface area contributed by atoms with Crippen LogP contribution in [0.25, 0.3) is 0 Å². The van der Waals surface area contributed by atoms with E-state index in [4.69, 9.17) is 9.47 Å². The van der Waals surface area contributed by atoms with Crippen molar-refractivity contribution in [3.05, 3.63) is 57.5 Å². The molecule has 1 aliphatic heterocycles. The van der Waals surface area contributed by atoms with E-state index in [0.29, 0.717) is 21.1 Å². The van der Waals surface area contributed by atoms with Crippen molar-refractivity contribution in [1.29, 1.82) is 0 Å². The number of nitrogens with zero attached hydrogens (tertiary/aromatic N) is 1. The molecule has 1 N–H and O–H groups in total. The first kappa shape index (κ1) is 23.1. The highest BCUT2D eigenvalue weighted by molar-refractivity contribution is 9.11. The van der Waals surface area contributed by atoms with Crippen molar-refractivity contribution < 1.29 is 22.7 Å². The summed E-state index contributed by atoms with van der Waals surface area (Å²) in [4.78, 5) is 14.1. The number of hydrogen-bond donors (Lipinski definition) is 1. The van der Waals surface area contributed by atoms with Gasteiger partial charge >= 0.3 is 6.09 Å². The van der Waals surface area contributed by atoms with Crippen LogP contribution in [0.15, 0.2) is 62.4 Å². The van der Waals surface area contributed by atoms with Crippen molar-refractivity contribution in [2.24, 2.45) is 0 Å². The normalized spacial score (nSPS) is 19.0. The lowest BCUT2D eigenvalue weighted by molar-refractivity contribution is 0.0914. The Bertz CT molecular complexity index is 988. The highest BCUT2D eigenvalue weighted by atomic mass is 79.9. The van der Waals surface area contributed by atoms with Crippen molar-refractivity contribution in [3.8, 4) is 5.75 Å². The first-order chi connectivity index (χ1) is 14.3. The predicted molar refractivity (Wildman–Crippen MR) is 120 cm³/mol. The zero-order valence-electron chi connectivity index (χ0n) is 16.3. The molecule has 7 nitrogen and oxygen atoms in total. The molecular weight excluding hydrogens is 540 g/mol. The maximum Gasteiger partial charge on any atom is 0.410 e. The van der Waals surface area contributed by atoms with E-state index >= 15 is 0 Å². The molecule has 1 saturated heterocycles. The summed E-state index contributed by atoms with van der Waals surface area (Å²) in [5.74, 6) is 0.684. The first-order valence-electron chi connectivity index (χ1n) is 9.38. The van der Waals surface area contributed by atoms with Gasteiger partial charge in [-0.05, 0) is 59.6 Å². The van der Waals surface area contributed by atoms with Gasteiger partial charge in [-0.2, -0.15) is 0 Å². The predicted octanol–water partition coefficient (Wildman–Crippen LogP) is 4.17. The molecular formula is C20H22Br2N2O5S. The van der Waals surface area contributed by atoms with Crippen LogP contribution in [0.1, 0.15) is 13.3 Å². The lowest BCUT2D eigenvalue weighted by Gasteiger charge is -2.23. The van der Waals surface area contributed by atoms with Gasteiger partial charge < -0.3 is 14.4 Å². The number of halogens is 2. The Morgan fingerprint density at radius 3 is 2.63 bits per heavy atom. The highest BCUT2D eigenvalue weighted by Crippen LogP contribution is 2.27. The van der Waals surface area contributed by atoms with Gasteiger partial charge in [0.05, 0.1) is 17.5 Å². The van der Waals surface area contributed by atoms with E-state index in [1.54, 1.807) is 19.1 Å². The van der Waals surface area contributed by atoms with Gasteiger partial charge in [-0.25, -0.2) is 17.9 Å². The number of benzene rings is 2. The second-order valence-corrected chi connectivity index (χ2v) is 10.2. The molecule has 0 spiro atoms. The van der Waals surface area contributed by atoms with E-state index < -0.39 is 22.2 Å². The molecule has 0 unspecified atom stereocenters. The van der Waals surface area contributed by atoms with E-state index in [1.807, 2.05) is 30.3 Å². The van der Waals surface area contributed by atoms with Gasteiger partial charge in [-0.3, -0.25) is 0 Å². The lowest BCUT2D eigenvalue weighted by atomic mass is 10.2. The smallest absolute Gasteiger partial charge is 0.410 e. The van der Waals surface area contributed by atoms with E-state index in [1.165, 1.54) is 11.0 Å². The van der Waals surface area contributed by atoms with Gasteiger partial charge in [0.2, 0.25) is 10.0 Å². The average molecular weight is 562 g/mol. The minimum absolute atomic E-state index is 0.128. The molecule has 162 valence electrons. The summed E-state index contributed by atoms with van der Waals surface area (Å²) in [6.07, 6.45) is -0.0688. The fraction of sp³-hybridized carbons (Fsp3) is 0.350. The highest BCUT2D eigenvalue weighted by Gasteiger charge is 2.38. The topological polar surface area (TPSA) is 84.9 Å². The summed E-state index contributed by atoms with van der Waals surface area (Å²) >= 11 is 6.59. The van der Waals surface area contributed by atoms with Gasteiger partial charge in [0.15, 0.2) is 0 Å². The number of amides is 1. The fourth-order valence-electron chi connectivity index (χ4n) is 3.27. The van der Waals surface area contributed by atoms with Gasteiger partial charge in [0.1, 0.15) is 12.4 Å². The minimum atomic E-state index is -3.80. The molecule has 0 bridgehead atoms. The maximum atomic E-state index is 12.9. The van der Waals surface area contributed by atoms with E-state index in [2.05, 4.69) is 36.6 Å². The minimum Gasteiger partial charge on any atom is -0.491 e. The Hall–Kier alpha value is -1.62. The average Bonchev–Trinajstić information content (AvgIpc) is 3.11. The van der Waals surface area contributed by atoms with Crippen LogP contribution in [0.5, 0.6) is 5.75 Å². The fourth-order valence-corrected chi connectivity index (χ4v) is 6.01. The molecule has 0 aromatic heterocycles. The number of nitrogens with one attached hydrogen (secondary N) is 1. The first-order valence-corrected chi connectivity index (χ1v) is 12.5. The van der Waals surface area contributed by atoms with Gasteiger partial charge in [0, 0.05) is 21.5 Å². The largest absolute Gasteiger partial charge is 0.491 e. The zero-order chi connectivity index (χ0) is 21.7. The van der Waals surface area contributed by atoms with E-state index in [0.717, 1.165) is 0 Å². The number of sulfonamides is 1. The molecule has 2 aromatic rings. The Labute approximate surface area is 193 Å². The van der Waals surface area contributed by atoms with Crippen LogP contribution in [0.4, 0.5) is 4.79 Å². The second-order valence-electron chi connectivity index (χ2n) is 6.76. The molecule has 2 aromatic carbocycles. The Morgan fingerprint density at radius 1 is 1.20 bits per heavy atom. The number of rotatable bonds is 7. The number of carbonyl (C=O) groups excluding carboxylic acids is 1. The lowest BCUT2D eigenvalue weighted by Crippen LogP contribution is -2.41. The summed E-state index contributed by atoms with van der Waals surface area (Å²) < 4.78 is 40.6. The van der Waals surface area contributed by atoms with Crippen LogP contribution in [0.2, 0.25) is 0 Å². The monoisotopic (exact) mass is 560 g/mol. The Morgan fingerprint density at radius 2 is 1.93 bits per heavy atom. The van der Waals surface area contributed by atoms with Crippen LogP contribution in [0, 0.1) is 0 Å². The van der Waals surface area contributed by atoms with Gasteiger partial charge in [-0.15, -0.1) is 0 Å². The third kappa shape index (κ3) is 5.75. The van der Waals surface area contributed by atoms with Crippen LogP contribution in [-0.2, 0) is 14.8 Å². The molecule has 1 heterocycles. The Balaban J connectivity index is 1.74. The van der Waals surface area contributed by atoms with Crippen LogP contribution in [-0.4, -0.2) is 51.3 Å². The summed E-state index contributed by atoms with van der Waals surface area (Å²) in [6.45, 7) is 2.41. The quantitative estimate of drug-likeness (QED) is 0.548. The SMILES string of the molecule is CCOC(=O)N1C[C@H](NS(=O)(=O)c2cc(Br)ccc2Br)C[C@@H]1COc1ccccc1. The number of para-hydroxylation sites is 1. The second kappa shape index (κ2) is 10.1. The number of carbonyl (C=O) groups is 1. The molecule has 2 atom stereocenters.